The fraction of sp³-hybridized carbons (Fsp3) is 0.0667. The van der Waals surface area contributed by atoms with Crippen LogP contribution in [0.25, 0.3) is 11.0 Å². The molecule has 0 radical (unpaired) electrons. The zero-order valence-electron chi connectivity index (χ0n) is 10.1. The number of fused-ring (bicyclic) bond motifs is 2. The molecule has 3 aromatic rings. The summed E-state index contributed by atoms with van der Waals surface area (Å²) >= 11 is 1.72. The SMILES string of the molecule is c1ccc2c(c1)CC(Sc1c[nH]c3ncccc13)=N2. The van der Waals surface area contributed by atoms with Crippen molar-refractivity contribution in [1.29, 1.82) is 0 Å². The summed E-state index contributed by atoms with van der Waals surface area (Å²) in [5.41, 5.74) is 3.34. The van der Waals surface area contributed by atoms with Crippen molar-refractivity contribution in [3.05, 3.63) is 54.4 Å². The van der Waals surface area contributed by atoms with Gasteiger partial charge in [0.15, 0.2) is 0 Å². The van der Waals surface area contributed by atoms with Crippen molar-refractivity contribution in [3.8, 4) is 0 Å². The molecule has 3 heterocycles. The lowest BCUT2D eigenvalue weighted by atomic mass is 10.2. The average molecular weight is 265 g/mol. The molecule has 0 spiro atoms. The van der Waals surface area contributed by atoms with Crippen LogP contribution in [-0.2, 0) is 6.42 Å². The van der Waals surface area contributed by atoms with Crippen molar-refractivity contribution in [2.75, 3.05) is 0 Å². The second kappa shape index (κ2) is 4.24. The lowest BCUT2D eigenvalue weighted by Gasteiger charge is -1.98. The lowest BCUT2D eigenvalue weighted by molar-refractivity contribution is 1.32. The number of aliphatic imine (C=N–C) groups is 1. The van der Waals surface area contributed by atoms with E-state index in [0.717, 1.165) is 28.2 Å². The topological polar surface area (TPSA) is 41.0 Å². The summed E-state index contributed by atoms with van der Waals surface area (Å²) in [5.74, 6) is 0. The van der Waals surface area contributed by atoms with Crippen molar-refractivity contribution in [2.45, 2.75) is 11.3 Å². The van der Waals surface area contributed by atoms with Gasteiger partial charge in [-0.05, 0) is 23.8 Å². The van der Waals surface area contributed by atoms with Gasteiger partial charge < -0.3 is 4.98 Å². The fourth-order valence-electron chi connectivity index (χ4n) is 2.31. The Morgan fingerprint density at radius 2 is 2.05 bits per heavy atom. The lowest BCUT2D eigenvalue weighted by Crippen LogP contribution is -1.90. The first kappa shape index (κ1) is 10.8. The van der Waals surface area contributed by atoms with Crippen molar-refractivity contribution in [1.82, 2.24) is 9.97 Å². The average Bonchev–Trinajstić information content (AvgIpc) is 3.03. The van der Waals surface area contributed by atoms with Crippen molar-refractivity contribution in [2.24, 2.45) is 4.99 Å². The quantitative estimate of drug-likeness (QED) is 0.724. The second-order valence-electron chi connectivity index (χ2n) is 4.47. The van der Waals surface area contributed by atoms with Gasteiger partial charge in [0, 0.05) is 29.1 Å². The highest BCUT2D eigenvalue weighted by molar-refractivity contribution is 8.14. The molecular formula is C15H11N3S. The molecule has 0 bridgehead atoms. The summed E-state index contributed by atoms with van der Waals surface area (Å²) < 4.78 is 0. The van der Waals surface area contributed by atoms with Crippen LogP contribution >= 0.6 is 11.8 Å². The molecule has 0 saturated heterocycles. The van der Waals surface area contributed by atoms with Crippen LogP contribution in [0.15, 0.2) is 58.7 Å². The highest BCUT2D eigenvalue weighted by atomic mass is 32.2. The van der Waals surface area contributed by atoms with E-state index in [1.54, 1.807) is 18.0 Å². The van der Waals surface area contributed by atoms with E-state index in [2.05, 4.69) is 39.2 Å². The molecule has 92 valence electrons. The Bertz CT molecular complexity index is 789. The zero-order valence-corrected chi connectivity index (χ0v) is 10.9. The fourth-order valence-corrected chi connectivity index (χ4v) is 3.33. The smallest absolute Gasteiger partial charge is 0.138 e. The number of thioether (sulfide) groups is 1. The van der Waals surface area contributed by atoms with Crippen LogP contribution in [0.3, 0.4) is 0 Å². The van der Waals surface area contributed by atoms with E-state index < -0.39 is 0 Å². The van der Waals surface area contributed by atoms with Crippen LogP contribution in [0.1, 0.15) is 5.56 Å². The normalized spacial score (nSPS) is 13.6. The standard InChI is InChI=1S/C15H11N3S/c1-2-6-12-10(4-1)8-14(18-12)19-13-9-17-15-11(13)5-3-7-16-15/h1-7,9H,8H2,(H,16,17). The first-order valence-corrected chi connectivity index (χ1v) is 6.97. The van der Waals surface area contributed by atoms with Gasteiger partial charge in [0.25, 0.3) is 0 Å². The maximum Gasteiger partial charge on any atom is 0.138 e. The largest absolute Gasteiger partial charge is 0.345 e. The minimum absolute atomic E-state index is 0.924. The monoisotopic (exact) mass is 265 g/mol. The van der Waals surface area contributed by atoms with Crippen molar-refractivity contribution < 1.29 is 0 Å². The van der Waals surface area contributed by atoms with E-state index in [-0.39, 0.29) is 0 Å². The van der Waals surface area contributed by atoms with Gasteiger partial charge in [0.05, 0.1) is 10.7 Å². The van der Waals surface area contributed by atoms with E-state index in [4.69, 9.17) is 0 Å². The Morgan fingerprint density at radius 1 is 1.11 bits per heavy atom. The molecule has 1 N–H and O–H groups in total. The summed E-state index contributed by atoms with van der Waals surface area (Å²) in [6.07, 6.45) is 4.73. The van der Waals surface area contributed by atoms with E-state index >= 15 is 0 Å². The predicted molar refractivity (Wildman–Crippen MR) is 79.2 cm³/mol. The molecule has 0 unspecified atom stereocenters. The Morgan fingerprint density at radius 3 is 3.00 bits per heavy atom. The molecule has 4 heteroatoms. The van der Waals surface area contributed by atoms with E-state index in [1.165, 1.54) is 10.5 Å². The summed E-state index contributed by atoms with van der Waals surface area (Å²) in [6, 6.07) is 12.4. The molecule has 1 aromatic carbocycles. The van der Waals surface area contributed by atoms with E-state index in [9.17, 15) is 0 Å². The molecule has 1 aliphatic heterocycles. The summed E-state index contributed by atoms with van der Waals surface area (Å²) in [5, 5.41) is 2.30. The highest BCUT2D eigenvalue weighted by Gasteiger charge is 2.16. The number of hydrogen-bond acceptors (Lipinski definition) is 3. The molecule has 0 atom stereocenters. The molecule has 19 heavy (non-hydrogen) atoms. The summed E-state index contributed by atoms with van der Waals surface area (Å²) in [4.78, 5) is 13.4. The number of aromatic amines is 1. The van der Waals surface area contributed by atoms with Gasteiger partial charge in [-0.15, -0.1) is 0 Å². The third-order valence-corrected chi connectivity index (χ3v) is 4.25. The third-order valence-electron chi connectivity index (χ3n) is 3.22. The van der Waals surface area contributed by atoms with Crippen molar-refractivity contribution in [3.63, 3.8) is 0 Å². The molecule has 4 rings (SSSR count). The molecule has 0 saturated carbocycles. The number of H-pyrrole nitrogens is 1. The Hall–Kier alpha value is -2.07. The van der Waals surface area contributed by atoms with Gasteiger partial charge in [-0.1, -0.05) is 30.0 Å². The van der Waals surface area contributed by atoms with Crippen molar-refractivity contribution >= 4 is 33.5 Å². The number of nitrogens with zero attached hydrogens (tertiary/aromatic N) is 2. The maximum atomic E-state index is 4.68. The first-order valence-electron chi connectivity index (χ1n) is 6.15. The van der Waals surface area contributed by atoms with Gasteiger partial charge in [-0.3, -0.25) is 0 Å². The van der Waals surface area contributed by atoms with Gasteiger partial charge in [0.2, 0.25) is 0 Å². The number of pyridine rings is 1. The van der Waals surface area contributed by atoms with E-state index in [0.29, 0.717) is 0 Å². The summed E-state index contributed by atoms with van der Waals surface area (Å²) in [6.45, 7) is 0. The number of rotatable bonds is 1. The van der Waals surface area contributed by atoms with Gasteiger partial charge in [-0.2, -0.15) is 0 Å². The molecule has 3 nitrogen and oxygen atoms in total. The Labute approximate surface area is 114 Å². The Balaban J connectivity index is 1.67. The number of benzene rings is 1. The van der Waals surface area contributed by atoms with Crippen LogP contribution in [-0.4, -0.2) is 15.0 Å². The van der Waals surface area contributed by atoms with Gasteiger partial charge in [-0.25, -0.2) is 9.98 Å². The van der Waals surface area contributed by atoms with Crippen LogP contribution in [0.2, 0.25) is 0 Å². The minimum Gasteiger partial charge on any atom is -0.345 e. The molecular weight excluding hydrogens is 254 g/mol. The molecule has 0 amide bonds. The van der Waals surface area contributed by atoms with Crippen LogP contribution in [0.4, 0.5) is 5.69 Å². The third kappa shape index (κ3) is 1.85. The van der Waals surface area contributed by atoms with Crippen LogP contribution in [0, 0.1) is 0 Å². The molecule has 1 aliphatic rings. The number of hydrogen-bond donors (Lipinski definition) is 1. The van der Waals surface area contributed by atoms with Gasteiger partial charge in [0.1, 0.15) is 5.65 Å². The minimum atomic E-state index is 0.924. The first-order chi connectivity index (χ1) is 9.40. The second-order valence-corrected chi connectivity index (χ2v) is 5.58. The highest BCUT2D eigenvalue weighted by Crippen LogP contribution is 2.35. The number of para-hydroxylation sites is 1. The maximum absolute atomic E-state index is 4.68. The molecule has 0 aliphatic carbocycles. The van der Waals surface area contributed by atoms with E-state index in [1.807, 2.05) is 18.3 Å². The zero-order chi connectivity index (χ0) is 12.7. The Kier molecular flexibility index (Phi) is 2.42. The number of aromatic nitrogens is 2. The predicted octanol–water partition coefficient (Wildman–Crippen LogP) is 3.94. The molecule has 0 fully saturated rings. The molecule has 2 aromatic heterocycles. The number of nitrogens with one attached hydrogen (secondary N) is 1. The van der Waals surface area contributed by atoms with Crippen LogP contribution < -0.4 is 0 Å². The van der Waals surface area contributed by atoms with Crippen LogP contribution in [0.5, 0.6) is 0 Å². The van der Waals surface area contributed by atoms with Gasteiger partial charge >= 0.3 is 0 Å². The summed E-state index contributed by atoms with van der Waals surface area (Å²) in [7, 11) is 0.